The number of nitrogens with zero attached hydrogens (tertiary/aromatic N) is 2. The first-order chi connectivity index (χ1) is 25.9. The van der Waals surface area contributed by atoms with E-state index in [-0.39, 0.29) is 45.0 Å². The summed E-state index contributed by atoms with van der Waals surface area (Å²) in [5.74, 6) is -2.31. The van der Waals surface area contributed by atoms with Crippen LogP contribution in [0.1, 0.15) is 94.6 Å². The number of alkyl carbamates (subject to hydrolysis) is 1. The van der Waals surface area contributed by atoms with Crippen molar-refractivity contribution in [3.63, 3.8) is 0 Å². The molecule has 3 heterocycles. The van der Waals surface area contributed by atoms with Crippen LogP contribution < -0.4 is 15.4 Å². The normalized spacial score (nSPS) is 30.6. The van der Waals surface area contributed by atoms with Crippen molar-refractivity contribution in [1.29, 1.82) is 0 Å². The number of nitrogens with one attached hydrogen (secondary N) is 3. The molecule has 5 fully saturated rings. The lowest BCUT2D eigenvalue weighted by Gasteiger charge is -2.30. The van der Waals surface area contributed by atoms with Crippen molar-refractivity contribution in [2.24, 2.45) is 17.8 Å². The Morgan fingerprint density at radius 2 is 1.74 bits per heavy atom. The summed E-state index contributed by atoms with van der Waals surface area (Å²) >= 11 is 0. The van der Waals surface area contributed by atoms with Crippen LogP contribution in [0.5, 0.6) is 0 Å². The van der Waals surface area contributed by atoms with E-state index in [9.17, 15) is 36.8 Å². The Bertz CT molecular complexity index is 1830. The fourth-order valence-corrected chi connectivity index (χ4v) is 9.67. The topological polar surface area (TPSA) is 181 Å². The minimum Gasteiger partial charge on any atom is -0.446 e. The summed E-state index contributed by atoms with van der Waals surface area (Å²) in [4.78, 5) is 71.8. The standard InChI is InChI=1S/C38H48FN5O9S/c39-29-9-6-7-24-19-43(21-28(24)29)37(49)52-26-17-31-33(45)41-38(35(47)42-54(50,51)27-15-16-27)18-25(38)8-4-2-1-3-5-10-30(34(46)44(31)20-26)40-36(48)53-32(22-11-12-22)23-13-14-23/h4,6-9,22-23,25-27,30-32H,1-3,5,10-21H2,(H,40,48)(H,41,45)(H,42,47)/b8-4-/t25-,26-,30+,31+,38-/m1/s1. The van der Waals surface area contributed by atoms with Crippen LogP contribution in [-0.2, 0) is 47.0 Å². The van der Waals surface area contributed by atoms with Crippen LogP contribution in [0.3, 0.4) is 0 Å². The molecule has 54 heavy (non-hydrogen) atoms. The summed E-state index contributed by atoms with van der Waals surface area (Å²) in [6.45, 7) is -0.0258. The van der Waals surface area contributed by atoms with Crippen molar-refractivity contribution in [2.45, 2.75) is 132 Å². The first kappa shape index (κ1) is 36.8. The lowest BCUT2D eigenvalue weighted by molar-refractivity contribution is -0.141. The molecule has 3 N–H and O–H groups in total. The van der Waals surface area contributed by atoms with Gasteiger partial charge < -0.3 is 25.0 Å². The van der Waals surface area contributed by atoms with Gasteiger partial charge in [-0.25, -0.2) is 22.4 Å². The van der Waals surface area contributed by atoms with Crippen molar-refractivity contribution in [3.8, 4) is 0 Å². The monoisotopic (exact) mass is 769 g/mol. The highest BCUT2D eigenvalue weighted by atomic mass is 32.2. The van der Waals surface area contributed by atoms with Crippen molar-refractivity contribution >= 4 is 39.9 Å². The van der Waals surface area contributed by atoms with Gasteiger partial charge in [-0.1, -0.05) is 37.1 Å². The number of hydrogen-bond acceptors (Lipinski definition) is 9. The molecule has 1 saturated heterocycles. The second kappa shape index (κ2) is 14.5. The van der Waals surface area contributed by atoms with E-state index < -0.39 is 80.6 Å². The van der Waals surface area contributed by atoms with E-state index >= 15 is 0 Å². The molecule has 7 aliphatic rings. The molecule has 0 aromatic heterocycles. The van der Waals surface area contributed by atoms with Crippen LogP contribution in [0, 0.1) is 23.6 Å². The van der Waals surface area contributed by atoms with Gasteiger partial charge in [0.15, 0.2) is 0 Å². The number of ether oxygens (including phenoxy) is 2. The number of amides is 5. The number of rotatable bonds is 8. The Labute approximate surface area is 314 Å². The van der Waals surface area contributed by atoms with Crippen molar-refractivity contribution < 1.29 is 46.3 Å². The molecule has 0 unspecified atom stereocenters. The Hall–Kier alpha value is -4.21. The van der Waals surface area contributed by atoms with Crippen molar-refractivity contribution in [3.05, 3.63) is 47.3 Å². The van der Waals surface area contributed by atoms with E-state index in [2.05, 4.69) is 15.4 Å². The third-order valence-corrected chi connectivity index (χ3v) is 13.8. The molecule has 0 spiro atoms. The smallest absolute Gasteiger partial charge is 0.410 e. The number of hydrogen-bond donors (Lipinski definition) is 3. The van der Waals surface area contributed by atoms with Crippen LogP contribution in [-0.4, -0.2) is 89.8 Å². The number of sulfonamides is 1. The zero-order valence-corrected chi connectivity index (χ0v) is 31.0. The van der Waals surface area contributed by atoms with Gasteiger partial charge in [0.2, 0.25) is 21.8 Å². The summed E-state index contributed by atoms with van der Waals surface area (Å²) in [5.41, 5.74) is -0.491. The lowest BCUT2D eigenvalue weighted by atomic mass is 10.0. The maximum Gasteiger partial charge on any atom is 0.410 e. The maximum absolute atomic E-state index is 14.5. The number of allylic oxidation sites excluding steroid dienone is 1. The first-order valence-electron chi connectivity index (χ1n) is 19.5. The summed E-state index contributed by atoms with van der Waals surface area (Å²) < 4.78 is 54.0. The molecule has 292 valence electrons. The third kappa shape index (κ3) is 7.80. The molecule has 4 aliphatic carbocycles. The highest BCUT2D eigenvalue weighted by Gasteiger charge is 2.62. The highest BCUT2D eigenvalue weighted by Crippen LogP contribution is 2.47. The zero-order valence-electron chi connectivity index (χ0n) is 30.2. The fourth-order valence-electron chi connectivity index (χ4n) is 8.30. The molecule has 1 aromatic carbocycles. The Kier molecular flexibility index (Phi) is 9.84. The van der Waals surface area contributed by atoms with Gasteiger partial charge in [0.05, 0.1) is 18.3 Å². The van der Waals surface area contributed by atoms with E-state index in [1.807, 2.05) is 12.2 Å². The number of benzene rings is 1. The third-order valence-electron chi connectivity index (χ3n) is 12.0. The van der Waals surface area contributed by atoms with Crippen LogP contribution >= 0.6 is 0 Å². The number of carbonyl (C=O) groups excluding carboxylic acids is 5. The van der Waals surface area contributed by atoms with Gasteiger partial charge >= 0.3 is 12.2 Å². The maximum atomic E-state index is 14.5. The zero-order chi connectivity index (χ0) is 37.8. The molecule has 0 bridgehead atoms. The van der Waals surface area contributed by atoms with E-state index in [0.29, 0.717) is 48.6 Å². The minimum atomic E-state index is -3.92. The summed E-state index contributed by atoms with van der Waals surface area (Å²) in [7, 11) is -3.92. The summed E-state index contributed by atoms with van der Waals surface area (Å²) in [6, 6.07) is 2.39. The van der Waals surface area contributed by atoms with Gasteiger partial charge in [0, 0.05) is 24.4 Å². The largest absolute Gasteiger partial charge is 0.446 e. The Balaban J connectivity index is 1.03. The second-order valence-electron chi connectivity index (χ2n) is 16.2. The van der Waals surface area contributed by atoms with Gasteiger partial charge in [-0.15, -0.1) is 0 Å². The molecule has 5 atom stereocenters. The molecule has 0 radical (unpaired) electrons. The van der Waals surface area contributed by atoms with Gasteiger partial charge in [-0.2, -0.15) is 0 Å². The summed E-state index contributed by atoms with van der Waals surface area (Å²) in [6.07, 6.45) is 9.26. The number of carbonyl (C=O) groups is 5. The Morgan fingerprint density at radius 3 is 2.44 bits per heavy atom. The van der Waals surface area contributed by atoms with Crippen LogP contribution in [0.2, 0.25) is 0 Å². The average Bonchev–Trinajstić information content (AvgIpc) is 3.91. The van der Waals surface area contributed by atoms with E-state index in [0.717, 1.165) is 38.5 Å². The van der Waals surface area contributed by atoms with Crippen molar-refractivity contribution in [1.82, 2.24) is 25.2 Å². The fraction of sp³-hybridized carbons (Fsp3) is 0.658. The second-order valence-corrected chi connectivity index (χ2v) is 18.2. The van der Waals surface area contributed by atoms with E-state index in [1.54, 1.807) is 12.1 Å². The lowest BCUT2D eigenvalue weighted by Crippen LogP contribution is -2.58. The van der Waals surface area contributed by atoms with E-state index in [1.165, 1.54) is 15.9 Å². The van der Waals surface area contributed by atoms with Crippen molar-refractivity contribution in [2.75, 3.05) is 6.54 Å². The molecule has 1 aromatic rings. The molecule has 3 aliphatic heterocycles. The van der Waals surface area contributed by atoms with Gasteiger partial charge in [-0.05, 0) is 87.7 Å². The van der Waals surface area contributed by atoms with Gasteiger partial charge in [-0.3, -0.25) is 24.0 Å². The minimum absolute atomic E-state index is 0.00718. The molecule has 8 rings (SSSR count). The molecule has 14 nitrogen and oxygen atoms in total. The van der Waals surface area contributed by atoms with Crippen LogP contribution in [0.25, 0.3) is 0 Å². The predicted octanol–water partition coefficient (Wildman–Crippen LogP) is 3.53. The molecule has 5 amide bonds. The number of fused-ring (bicyclic) bond motifs is 3. The highest BCUT2D eigenvalue weighted by molar-refractivity contribution is 7.91. The molecule has 4 saturated carbocycles. The van der Waals surface area contributed by atoms with Crippen LogP contribution in [0.15, 0.2) is 30.4 Å². The number of halogens is 1. The first-order valence-corrected chi connectivity index (χ1v) is 21.0. The van der Waals surface area contributed by atoms with Crippen LogP contribution in [0.4, 0.5) is 14.0 Å². The molecular formula is C38H48FN5O9S. The van der Waals surface area contributed by atoms with E-state index in [4.69, 9.17) is 9.47 Å². The average molecular weight is 770 g/mol. The molecular weight excluding hydrogens is 722 g/mol. The summed E-state index contributed by atoms with van der Waals surface area (Å²) in [5, 5.41) is 4.97. The Morgan fingerprint density at radius 1 is 0.981 bits per heavy atom. The predicted molar refractivity (Wildman–Crippen MR) is 190 cm³/mol. The SMILES string of the molecule is O=C(N[C@H]1CCCCC/C=C\[C@@H]2C[C@@]2(C(=O)NS(=O)(=O)C2CC2)NC(=O)[C@@H]2C[C@@H](OC(=O)N3Cc4cccc(F)c4C3)CN2C1=O)OC(C1CC1)C1CC1. The quantitative estimate of drug-likeness (QED) is 0.334. The van der Waals surface area contributed by atoms with Gasteiger partial charge in [0.25, 0.3) is 5.91 Å². The van der Waals surface area contributed by atoms with Gasteiger partial charge in [0.1, 0.15) is 35.6 Å². The molecule has 16 heteroatoms.